The maximum Gasteiger partial charge on any atom is 0.143 e. The molecule has 4 rings (SSSR count). The van der Waals surface area contributed by atoms with E-state index in [1.54, 1.807) is 17.7 Å². The number of hydrogen-bond donors (Lipinski definition) is 2. The van der Waals surface area contributed by atoms with Crippen molar-refractivity contribution in [2.75, 3.05) is 18.4 Å². The summed E-state index contributed by atoms with van der Waals surface area (Å²) >= 11 is 1.64. The van der Waals surface area contributed by atoms with E-state index < -0.39 is 0 Å². The zero-order valence-electron chi connectivity index (χ0n) is 14.5. The number of thiophene rings is 1. The Bertz CT molecular complexity index is 886. The molecular weight excluding hydrogens is 332 g/mol. The van der Waals surface area contributed by atoms with Gasteiger partial charge in [0, 0.05) is 6.54 Å². The molecule has 3 heterocycles. The van der Waals surface area contributed by atoms with Crippen molar-refractivity contribution in [3.63, 3.8) is 0 Å². The summed E-state index contributed by atoms with van der Waals surface area (Å²) in [5.74, 6) is 1.72. The molecule has 1 aromatic carbocycles. The van der Waals surface area contributed by atoms with Gasteiger partial charge in [0.25, 0.3) is 0 Å². The van der Waals surface area contributed by atoms with E-state index in [0.717, 1.165) is 53.4 Å². The Morgan fingerprint density at radius 1 is 1.28 bits per heavy atom. The lowest BCUT2D eigenvalue weighted by molar-refractivity contribution is 0.168. The van der Waals surface area contributed by atoms with Gasteiger partial charge < -0.3 is 15.4 Å². The predicted molar refractivity (Wildman–Crippen MR) is 103 cm³/mol. The first kappa shape index (κ1) is 16.3. The Labute approximate surface area is 151 Å². The van der Waals surface area contributed by atoms with E-state index in [1.165, 1.54) is 11.1 Å². The number of ether oxygens (including phenoxy) is 1. The fourth-order valence-corrected chi connectivity index (χ4v) is 4.06. The van der Waals surface area contributed by atoms with E-state index in [9.17, 15) is 0 Å². The first-order valence-electron chi connectivity index (χ1n) is 8.64. The van der Waals surface area contributed by atoms with Gasteiger partial charge in [-0.2, -0.15) is 0 Å². The van der Waals surface area contributed by atoms with Gasteiger partial charge in [0.15, 0.2) is 0 Å². The quantitative estimate of drug-likeness (QED) is 0.736. The topological polar surface area (TPSA) is 59.1 Å². The standard InChI is InChI=1S/C19H22N4OS/c1-12-5-6-15(16(8-12)24-14-4-3-7-20-9-14)23-18-17-13(2)10-25-19(17)22-11-21-18/h5-6,8,10-11,14,20H,3-4,7,9H2,1-2H3,(H,21,22,23)/t14-/m0/s1. The highest BCUT2D eigenvalue weighted by atomic mass is 32.1. The van der Waals surface area contributed by atoms with Crippen LogP contribution in [-0.4, -0.2) is 29.2 Å². The molecular formula is C19H22N4OS. The maximum absolute atomic E-state index is 6.30. The zero-order valence-corrected chi connectivity index (χ0v) is 15.3. The molecule has 5 nitrogen and oxygen atoms in total. The minimum Gasteiger partial charge on any atom is -0.487 e. The van der Waals surface area contributed by atoms with Crippen LogP contribution < -0.4 is 15.4 Å². The lowest BCUT2D eigenvalue weighted by Crippen LogP contribution is -2.37. The second-order valence-electron chi connectivity index (χ2n) is 6.53. The van der Waals surface area contributed by atoms with Crippen LogP contribution in [0.2, 0.25) is 0 Å². The van der Waals surface area contributed by atoms with Crippen molar-refractivity contribution < 1.29 is 4.74 Å². The molecule has 1 saturated heterocycles. The van der Waals surface area contributed by atoms with Gasteiger partial charge in [-0.25, -0.2) is 9.97 Å². The van der Waals surface area contributed by atoms with Crippen molar-refractivity contribution in [3.05, 3.63) is 41.0 Å². The van der Waals surface area contributed by atoms with E-state index in [0.29, 0.717) is 0 Å². The summed E-state index contributed by atoms with van der Waals surface area (Å²) < 4.78 is 6.30. The van der Waals surface area contributed by atoms with Crippen LogP contribution in [0.15, 0.2) is 29.9 Å². The molecule has 2 N–H and O–H groups in total. The van der Waals surface area contributed by atoms with Gasteiger partial charge in [0.1, 0.15) is 28.8 Å². The molecule has 1 fully saturated rings. The van der Waals surface area contributed by atoms with Gasteiger partial charge in [-0.1, -0.05) is 6.07 Å². The summed E-state index contributed by atoms with van der Waals surface area (Å²) in [7, 11) is 0. The number of hydrogen-bond acceptors (Lipinski definition) is 6. The first-order chi connectivity index (χ1) is 12.2. The largest absolute Gasteiger partial charge is 0.487 e. The monoisotopic (exact) mass is 354 g/mol. The highest BCUT2D eigenvalue weighted by molar-refractivity contribution is 7.17. The van der Waals surface area contributed by atoms with E-state index >= 15 is 0 Å². The second-order valence-corrected chi connectivity index (χ2v) is 7.39. The summed E-state index contributed by atoms with van der Waals surface area (Å²) in [4.78, 5) is 9.83. The highest BCUT2D eigenvalue weighted by Gasteiger charge is 2.17. The number of aryl methyl sites for hydroxylation is 2. The molecule has 3 aromatic rings. The molecule has 130 valence electrons. The molecule has 0 amide bonds. The van der Waals surface area contributed by atoms with Crippen molar-refractivity contribution in [1.82, 2.24) is 15.3 Å². The van der Waals surface area contributed by atoms with Gasteiger partial charge in [0.2, 0.25) is 0 Å². The number of piperidine rings is 1. The van der Waals surface area contributed by atoms with Crippen LogP contribution in [0.1, 0.15) is 24.0 Å². The fraction of sp³-hybridized carbons (Fsp3) is 0.368. The smallest absolute Gasteiger partial charge is 0.143 e. The molecule has 0 saturated carbocycles. The number of fused-ring (bicyclic) bond motifs is 1. The molecule has 1 atom stereocenters. The number of nitrogens with one attached hydrogen (secondary N) is 2. The molecule has 0 unspecified atom stereocenters. The number of anilines is 2. The molecule has 0 radical (unpaired) electrons. The molecule has 6 heteroatoms. The summed E-state index contributed by atoms with van der Waals surface area (Å²) in [6.07, 6.45) is 4.06. The first-order valence-corrected chi connectivity index (χ1v) is 9.52. The van der Waals surface area contributed by atoms with Crippen LogP contribution in [0.4, 0.5) is 11.5 Å². The van der Waals surface area contributed by atoms with Gasteiger partial charge >= 0.3 is 0 Å². The predicted octanol–water partition coefficient (Wildman–Crippen LogP) is 4.18. The normalized spacial score (nSPS) is 17.6. The van der Waals surface area contributed by atoms with E-state index in [4.69, 9.17) is 4.74 Å². The van der Waals surface area contributed by atoms with Crippen molar-refractivity contribution in [2.24, 2.45) is 0 Å². The summed E-state index contributed by atoms with van der Waals surface area (Å²) in [5.41, 5.74) is 3.32. The van der Waals surface area contributed by atoms with E-state index in [1.807, 2.05) is 0 Å². The number of rotatable bonds is 4. The molecule has 1 aliphatic rings. The van der Waals surface area contributed by atoms with Crippen molar-refractivity contribution in [3.8, 4) is 5.75 Å². The molecule has 2 aromatic heterocycles. The fourth-order valence-electron chi connectivity index (χ4n) is 3.17. The van der Waals surface area contributed by atoms with E-state index in [-0.39, 0.29) is 6.10 Å². The number of aromatic nitrogens is 2. The Morgan fingerprint density at radius 3 is 3.04 bits per heavy atom. The average molecular weight is 354 g/mol. The average Bonchev–Trinajstić information content (AvgIpc) is 3.00. The molecule has 1 aliphatic heterocycles. The van der Waals surface area contributed by atoms with Crippen LogP contribution in [0, 0.1) is 13.8 Å². The van der Waals surface area contributed by atoms with Crippen LogP contribution in [0.3, 0.4) is 0 Å². The molecule has 0 bridgehead atoms. The van der Waals surface area contributed by atoms with Gasteiger partial charge in [-0.15, -0.1) is 11.3 Å². The van der Waals surface area contributed by atoms with Gasteiger partial charge in [-0.05, 0) is 61.9 Å². The van der Waals surface area contributed by atoms with Crippen molar-refractivity contribution >= 4 is 33.1 Å². The van der Waals surface area contributed by atoms with Crippen LogP contribution in [-0.2, 0) is 0 Å². The highest BCUT2D eigenvalue weighted by Crippen LogP contribution is 2.34. The lowest BCUT2D eigenvalue weighted by atomic mass is 10.1. The summed E-state index contributed by atoms with van der Waals surface area (Å²) in [6.45, 7) is 6.15. The van der Waals surface area contributed by atoms with Crippen molar-refractivity contribution in [1.29, 1.82) is 0 Å². The Kier molecular flexibility index (Phi) is 4.55. The molecule has 0 spiro atoms. The van der Waals surface area contributed by atoms with Crippen LogP contribution in [0.25, 0.3) is 10.2 Å². The van der Waals surface area contributed by atoms with Gasteiger partial charge in [0.05, 0.1) is 11.1 Å². The minimum atomic E-state index is 0.212. The Morgan fingerprint density at radius 2 is 2.20 bits per heavy atom. The van der Waals surface area contributed by atoms with Gasteiger partial charge in [-0.3, -0.25) is 0 Å². The third-order valence-electron chi connectivity index (χ3n) is 4.49. The lowest BCUT2D eigenvalue weighted by Gasteiger charge is -2.25. The second kappa shape index (κ2) is 6.98. The minimum absolute atomic E-state index is 0.212. The number of benzene rings is 1. The van der Waals surface area contributed by atoms with E-state index in [2.05, 4.69) is 58.0 Å². The SMILES string of the molecule is Cc1ccc(Nc2ncnc3scc(C)c23)c(O[C@H]2CCCNC2)c1. The Hall–Kier alpha value is -2.18. The van der Waals surface area contributed by atoms with Crippen LogP contribution in [0.5, 0.6) is 5.75 Å². The summed E-state index contributed by atoms with van der Waals surface area (Å²) in [6, 6.07) is 6.25. The maximum atomic E-state index is 6.30. The number of nitrogens with zero attached hydrogens (tertiary/aromatic N) is 2. The molecule has 0 aliphatic carbocycles. The third-order valence-corrected chi connectivity index (χ3v) is 5.49. The van der Waals surface area contributed by atoms with Crippen LogP contribution >= 0.6 is 11.3 Å². The third kappa shape index (κ3) is 3.45. The molecule has 25 heavy (non-hydrogen) atoms. The Balaban J connectivity index is 1.66. The summed E-state index contributed by atoms with van der Waals surface area (Å²) in [5, 5.41) is 10.1. The zero-order chi connectivity index (χ0) is 17.2. The van der Waals surface area contributed by atoms with Crippen molar-refractivity contribution in [2.45, 2.75) is 32.8 Å².